The summed E-state index contributed by atoms with van der Waals surface area (Å²) in [7, 11) is 0. The van der Waals surface area contributed by atoms with Crippen LogP contribution >= 0.6 is 12.2 Å². The lowest BCUT2D eigenvalue weighted by molar-refractivity contribution is -0.0498. The summed E-state index contributed by atoms with van der Waals surface area (Å²) in [4.78, 5) is 0. The Labute approximate surface area is 114 Å². The molecule has 0 aliphatic carbocycles. The first-order chi connectivity index (χ1) is 9.13. The van der Waals surface area contributed by atoms with Crippen LogP contribution in [0, 0.1) is 4.77 Å². The summed E-state index contributed by atoms with van der Waals surface area (Å²) in [6, 6.07) is 6.51. The number of para-hydroxylation sites is 2. The van der Waals surface area contributed by atoms with Crippen LogP contribution in [0.2, 0.25) is 0 Å². The van der Waals surface area contributed by atoms with Gasteiger partial charge in [-0.2, -0.15) is 13.9 Å². The van der Waals surface area contributed by atoms with Gasteiger partial charge in [0.2, 0.25) is 0 Å². The number of aromatic amines is 1. The number of aryl methyl sites for hydroxylation is 1. The molecule has 0 amide bonds. The Morgan fingerprint density at radius 1 is 1.42 bits per heavy atom. The van der Waals surface area contributed by atoms with Crippen molar-refractivity contribution < 1.29 is 13.5 Å². The van der Waals surface area contributed by atoms with E-state index in [2.05, 4.69) is 14.9 Å². The Bertz CT molecular complexity index is 609. The van der Waals surface area contributed by atoms with Crippen LogP contribution in [0.25, 0.3) is 5.69 Å². The SMILES string of the molecule is CCCc1n[nH]c(=S)n1-c1ccccc1OC(F)F. The highest BCUT2D eigenvalue weighted by molar-refractivity contribution is 7.71. The van der Waals surface area contributed by atoms with Crippen molar-refractivity contribution in [3.63, 3.8) is 0 Å². The van der Waals surface area contributed by atoms with Crippen molar-refractivity contribution in [1.82, 2.24) is 14.8 Å². The zero-order valence-corrected chi connectivity index (χ0v) is 11.1. The van der Waals surface area contributed by atoms with Gasteiger partial charge in [0.15, 0.2) is 4.77 Å². The van der Waals surface area contributed by atoms with Gasteiger partial charge < -0.3 is 4.74 Å². The second-order valence-electron chi connectivity index (χ2n) is 3.88. The highest BCUT2D eigenvalue weighted by Crippen LogP contribution is 2.25. The van der Waals surface area contributed by atoms with Crippen LogP contribution in [0.1, 0.15) is 19.2 Å². The predicted octanol–water partition coefficient (Wildman–Crippen LogP) is 3.48. The highest BCUT2D eigenvalue weighted by Gasteiger charge is 2.14. The smallest absolute Gasteiger partial charge is 0.387 e. The molecule has 19 heavy (non-hydrogen) atoms. The first-order valence-electron chi connectivity index (χ1n) is 5.84. The molecule has 0 fully saturated rings. The van der Waals surface area contributed by atoms with Gasteiger partial charge in [-0.3, -0.25) is 9.67 Å². The van der Waals surface area contributed by atoms with Crippen LogP contribution in [0.5, 0.6) is 5.75 Å². The molecule has 7 heteroatoms. The Morgan fingerprint density at radius 2 is 2.16 bits per heavy atom. The maximum atomic E-state index is 12.4. The Hall–Kier alpha value is -1.76. The third-order valence-corrected chi connectivity index (χ3v) is 2.81. The largest absolute Gasteiger partial charge is 0.433 e. The average molecular weight is 285 g/mol. The summed E-state index contributed by atoms with van der Waals surface area (Å²) in [6.45, 7) is -0.874. The van der Waals surface area contributed by atoms with E-state index >= 15 is 0 Å². The summed E-state index contributed by atoms with van der Waals surface area (Å²) in [5, 5.41) is 6.78. The van der Waals surface area contributed by atoms with E-state index in [1.54, 1.807) is 22.8 Å². The minimum atomic E-state index is -2.88. The number of hydrogen-bond acceptors (Lipinski definition) is 3. The van der Waals surface area contributed by atoms with Crippen molar-refractivity contribution in [2.24, 2.45) is 0 Å². The van der Waals surface area contributed by atoms with Crippen LogP contribution in [-0.2, 0) is 6.42 Å². The van der Waals surface area contributed by atoms with Gasteiger partial charge in [0, 0.05) is 6.42 Å². The number of hydrogen-bond donors (Lipinski definition) is 1. The first kappa shape index (κ1) is 13.7. The quantitative estimate of drug-likeness (QED) is 0.855. The third-order valence-electron chi connectivity index (χ3n) is 2.54. The van der Waals surface area contributed by atoms with E-state index in [4.69, 9.17) is 12.2 Å². The standard InChI is InChI=1S/C12H13F2N3OS/c1-2-5-10-15-16-12(19)17(10)8-6-3-4-7-9(8)18-11(13)14/h3-4,6-7,11H,2,5H2,1H3,(H,16,19). The Kier molecular flexibility index (Phi) is 4.26. The van der Waals surface area contributed by atoms with E-state index in [-0.39, 0.29) is 5.75 Å². The second-order valence-corrected chi connectivity index (χ2v) is 4.26. The molecule has 0 aliphatic heterocycles. The molecule has 0 radical (unpaired) electrons. The van der Waals surface area contributed by atoms with Gasteiger partial charge in [0.1, 0.15) is 11.6 Å². The Balaban J connectivity index is 2.52. The van der Waals surface area contributed by atoms with Crippen LogP contribution in [-0.4, -0.2) is 21.4 Å². The summed E-state index contributed by atoms with van der Waals surface area (Å²) in [5.41, 5.74) is 0.463. The van der Waals surface area contributed by atoms with Crippen molar-refractivity contribution in [1.29, 1.82) is 0 Å². The molecular formula is C12H13F2N3OS. The summed E-state index contributed by atoms with van der Waals surface area (Å²) >= 11 is 5.14. The minimum absolute atomic E-state index is 0.0763. The zero-order valence-electron chi connectivity index (χ0n) is 10.3. The van der Waals surface area contributed by atoms with E-state index in [1.165, 1.54) is 6.07 Å². The van der Waals surface area contributed by atoms with Gasteiger partial charge in [-0.25, -0.2) is 0 Å². The molecular weight excluding hydrogens is 272 g/mol. The van der Waals surface area contributed by atoms with Crippen LogP contribution in [0.3, 0.4) is 0 Å². The lowest BCUT2D eigenvalue weighted by Gasteiger charge is -2.12. The fourth-order valence-corrected chi connectivity index (χ4v) is 2.06. The van der Waals surface area contributed by atoms with Gasteiger partial charge >= 0.3 is 6.61 Å². The van der Waals surface area contributed by atoms with Crippen LogP contribution < -0.4 is 4.74 Å². The number of halogens is 2. The normalized spacial score (nSPS) is 10.9. The number of H-pyrrole nitrogens is 1. The van der Waals surface area contributed by atoms with E-state index in [0.717, 1.165) is 6.42 Å². The van der Waals surface area contributed by atoms with Crippen molar-refractivity contribution >= 4 is 12.2 Å². The van der Waals surface area contributed by atoms with E-state index in [9.17, 15) is 8.78 Å². The van der Waals surface area contributed by atoms with E-state index < -0.39 is 6.61 Å². The maximum absolute atomic E-state index is 12.4. The molecule has 2 aromatic rings. The fourth-order valence-electron chi connectivity index (χ4n) is 1.81. The fraction of sp³-hybridized carbons (Fsp3) is 0.333. The number of benzene rings is 1. The van der Waals surface area contributed by atoms with Crippen LogP contribution in [0.4, 0.5) is 8.78 Å². The molecule has 4 nitrogen and oxygen atoms in total. The van der Waals surface area contributed by atoms with Gasteiger partial charge in [-0.1, -0.05) is 19.1 Å². The number of alkyl halides is 2. The summed E-state index contributed by atoms with van der Waals surface area (Å²) < 4.78 is 31.3. The molecule has 1 N–H and O–H groups in total. The van der Waals surface area contributed by atoms with Crippen molar-refractivity contribution in [3.05, 3.63) is 34.9 Å². The van der Waals surface area contributed by atoms with Gasteiger partial charge in [-0.15, -0.1) is 0 Å². The molecule has 1 aromatic carbocycles. The van der Waals surface area contributed by atoms with Crippen molar-refractivity contribution in [2.45, 2.75) is 26.4 Å². The monoisotopic (exact) mass is 285 g/mol. The number of nitrogens with zero attached hydrogens (tertiary/aromatic N) is 2. The average Bonchev–Trinajstić information content (AvgIpc) is 2.71. The second kappa shape index (κ2) is 5.92. The maximum Gasteiger partial charge on any atom is 0.387 e. The molecule has 0 saturated heterocycles. The molecule has 2 rings (SSSR count). The molecule has 0 atom stereocenters. The van der Waals surface area contributed by atoms with Crippen molar-refractivity contribution in [3.8, 4) is 11.4 Å². The van der Waals surface area contributed by atoms with Crippen molar-refractivity contribution in [2.75, 3.05) is 0 Å². The molecule has 0 spiro atoms. The summed E-state index contributed by atoms with van der Waals surface area (Å²) in [5.74, 6) is 0.769. The van der Waals surface area contributed by atoms with E-state index in [1.807, 2.05) is 6.92 Å². The predicted molar refractivity (Wildman–Crippen MR) is 69.4 cm³/mol. The third kappa shape index (κ3) is 2.98. The molecule has 0 bridgehead atoms. The molecule has 0 saturated carbocycles. The van der Waals surface area contributed by atoms with Crippen LogP contribution in [0.15, 0.2) is 24.3 Å². The molecule has 102 valence electrons. The lowest BCUT2D eigenvalue weighted by atomic mass is 10.2. The number of rotatable bonds is 5. The Morgan fingerprint density at radius 3 is 2.84 bits per heavy atom. The van der Waals surface area contributed by atoms with Gasteiger partial charge in [0.25, 0.3) is 0 Å². The highest BCUT2D eigenvalue weighted by atomic mass is 32.1. The number of aromatic nitrogens is 3. The zero-order chi connectivity index (χ0) is 13.8. The topological polar surface area (TPSA) is 42.8 Å². The number of ether oxygens (including phenoxy) is 1. The molecule has 1 aromatic heterocycles. The molecule has 1 heterocycles. The first-order valence-corrected chi connectivity index (χ1v) is 6.24. The number of nitrogens with one attached hydrogen (secondary N) is 1. The lowest BCUT2D eigenvalue weighted by Crippen LogP contribution is -2.08. The van der Waals surface area contributed by atoms with Gasteiger partial charge in [-0.05, 0) is 30.8 Å². The molecule has 0 aliphatic rings. The van der Waals surface area contributed by atoms with Gasteiger partial charge in [0.05, 0.1) is 5.69 Å². The van der Waals surface area contributed by atoms with E-state index in [0.29, 0.717) is 22.7 Å². The minimum Gasteiger partial charge on any atom is -0.433 e. The molecule has 0 unspecified atom stereocenters. The summed E-state index contributed by atoms with van der Waals surface area (Å²) in [6.07, 6.45) is 1.56.